The summed E-state index contributed by atoms with van der Waals surface area (Å²) in [5, 5.41) is 12.1. The van der Waals surface area contributed by atoms with Gasteiger partial charge in [-0.3, -0.25) is 14.6 Å². The lowest BCUT2D eigenvalue weighted by Gasteiger charge is -2.15. The molecule has 2 rings (SSSR count). The van der Waals surface area contributed by atoms with Gasteiger partial charge in [-0.15, -0.1) is 0 Å². The number of carboxylic acids is 1. The molecule has 1 saturated heterocycles. The van der Waals surface area contributed by atoms with Gasteiger partial charge < -0.3 is 10.4 Å². The predicted molar refractivity (Wildman–Crippen MR) is 93.5 cm³/mol. The smallest absolute Gasteiger partial charge is 0.335 e. The second-order valence-electron chi connectivity index (χ2n) is 5.04. The van der Waals surface area contributed by atoms with E-state index in [1.165, 1.54) is 36.0 Å². The normalized spacial score (nSPS) is 18.2. The second-order valence-corrected chi connectivity index (χ2v) is 6.23. The van der Waals surface area contributed by atoms with E-state index in [2.05, 4.69) is 10.3 Å². The Labute approximate surface area is 144 Å². The van der Waals surface area contributed by atoms with E-state index in [1.54, 1.807) is 0 Å². The number of amides is 2. The average molecular weight is 349 g/mol. The fourth-order valence-corrected chi connectivity index (χ4v) is 3.42. The first-order valence-corrected chi connectivity index (χ1v) is 8.51. The molecule has 0 bridgehead atoms. The Bertz CT molecular complexity index is 672. The zero-order valence-electron chi connectivity index (χ0n) is 13.5. The number of amidine groups is 1. The zero-order chi connectivity index (χ0) is 17.7. The van der Waals surface area contributed by atoms with Crippen LogP contribution >= 0.6 is 11.8 Å². The molecule has 0 aliphatic carbocycles. The van der Waals surface area contributed by atoms with Gasteiger partial charge in [0.25, 0.3) is 0 Å². The standard InChI is InChI=1S/C16H19N3O4S/c1-3-17-16(18-4-2)24-12-9-13(20)19(14(12)21)11-7-5-10(6-8-11)15(22)23/h5-8,12H,3-4,9H2,1-2H3,(H,17,18)(H,22,23)/t12-/m1/s1. The molecular formula is C16H19N3O4S. The maximum atomic E-state index is 12.6. The lowest BCUT2D eigenvalue weighted by atomic mass is 10.2. The molecule has 0 saturated carbocycles. The summed E-state index contributed by atoms with van der Waals surface area (Å²) in [6.45, 7) is 5.10. The number of thioether (sulfide) groups is 1. The Kier molecular flexibility index (Phi) is 5.97. The van der Waals surface area contributed by atoms with Crippen LogP contribution in [0.15, 0.2) is 29.3 Å². The van der Waals surface area contributed by atoms with Crippen molar-refractivity contribution in [1.82, 2.24) is 5.32 Å². The van der Waals surface area contributed by atoms with Crippen LogP contribution in [0.3, 0.4) is 0 Å². The number of nitrogens with zero attached hydrogens (tertiary/aromatic N) is 2. The number of carbonyl (C=O) groups is 3. The minimum absolute atomic E-state index is 0.0955. The van der Waals surface area contributed by atoms with E-state index in [0.717, 1.165) is 4.90 Å². The SMILES string of the molecule is CCN=C(NCC)S[C@@H]1CC(=O)N(c2ccc(C(=O)O)cc2)C1=O. The number of aromatic carboxylic acids is 1. The molecule has 2 N–H and O–H groups in total. The summed E-state index contributed by atoms with van der Waals surface area (Å²) < 4.78 is 0. The zero-order valence-corrected chi connectivity index (χ0v) is 14.3. The van der Waals surface area contributed by atoms with Crippen molar-refractivity contribution >= 4 is 40.4 Å². The molecule has 7 nitrogen and oxygen atoms in total. The number of carbonyl (C=O) groups excluding carboxylic acids is 2. The number of hydrogen-bond acceptors (Lipinski definition) is 5. The van der Waals surface area contributed by atoms with Crippen LogP contribution < -0.4 is 10.2 Å². The molecule has 1 aromatic carbocycles. The monoisotopic (exact) mass is 349 g/mol. The van der Waals surface area contributed by atoms with E-state index < -0.39 is 11.2 Å². The number of carboxylic acid groups (broad SMARTS) is 1. The third-order valence-electron chi connectivity index (χ3n) is 3.36. The van der Waals surface area contributed by atoms with E-state index in [0.29, 0.717) is 23.9 Å². The van der Waals surface area contributed by atoms with Crippen molar-refractivity contribution in [3.05, 3.63) is 29.8 Å². The first kappa shape index (κ1) is 18.0. The first-order chi connectivity index (χ1) is 11.5. The Hall–Kier alpha value is -2.35. The summed E-state index contributed by atoms with van der Waals surface area (Å²) in [4.78, 5) is 41.1. The Morgan fingerprint density at radius 2 is 2.00 bits per heavy atom. The van der Waals surface area contributed by atoms with E-state index in [9.17, 15) is 14.4 Å². The number of benzene rings is 1. The number of aliphatic imine (C=N–C) groups is 1. The molecule has 0 radical (unpaired) electrons. The molecule has 1 heterocycles. The molecule has 1 atom stereocenters. The van der Waals surface area contributed by atoms with E-state index in [1.807, 2.05) is 13.8 Å². The van der Waals surface area contributed by atoms with Gasteiger partial charge in [0.1, 0.15) is 5.25 Å². The van der Waals surface area contributed by atoms with Gasteiger partial charge in [-0.05, 0) is 38.1 Å². The molecule has 0 aromatic heterocycles. The summed E-state index contributed by atoms with van der Waals surface area (Å²) in [6.07, 6.45) is 0.0955. The Balaban J connectivity index is 2.16. The van der Waals surface area contributed by atoms with Crippen LogP contribution in [0.1, 0.15) is 30.6 Å². The maximum Gasteiger partial charge on any atom is 0.335 e. The molecule has 1 aliphatic rings. The highest BCUT2D eigenvalue weighted by Crippen LogP contribution is 2.30. The molecule has 1 aromatic rings. The minimum atomic E-state index is -1.06. The minimum Gasteiger partial charge on any atom is -0.478 e. The van der Waals surface area contributed by atoms with Gasteiger partial charge in [0.2, 0.25) is 11.8 Å². The van der Waals surface area contributed by atoms with Crippen LogP contribution in [0.25, 0.3) is 0 Å². The molecule has 8 heteroatoms. The fraction of sp³-hybridized carbons (Fsp3) is 0.375. The van der Waals surface area contributed by atoms with E-state index in [4.69, 9.17) is 5.11 Å². The summed E-state index contributed by atoms with van der Waals surface area (Å²) in [5.41, 5.74) is 0.490. The highest BCUT2D eigenvalue weighted by molar-refractivity contribution is 8.15. The molecule has 128 valence electrons. The molecule has 1 aliphatic heterocycles. The van der Waals surface area contributed by atoms with Gasteiger partial charge in [0.15, 0.2) is 5.17 Å². The number of hydrogen-bond donors (Lipinski definition) is 2. The molecule has 1 fully saturated rings. The lowest BCUT2D eigenvalue weighted by Crippen LogP contribution is -2.32. The van der Waals surface area contributed by atoms with Crippen molar-refractivity contribution in [1.29, 1.82) is 0 Å². The van der Waals surface area contributed by atoms with Gasteiger partial charge in [0, 0.05) is 19.5 Å². The lowest BCUT2D eigenvalue weighted by molar-refractivity contribution is -0.121. The van der Waals surface area contributed by atoms with Crippen molar-refractivity contribution in [2.45, 2.75) is 25.5 Å². The van der Waals surface area contributed by atoms with Crippen LogP contribution in [0, 0.1) is 0 Å². The number of anilines is 1. The largest absolute Gasteiger partial charge is 0.478 e. The maximum absolute atomic E-state index is 12.6. The topological polar surface area (TPSA) is 99.1 Å². The summed E-state index contributed by atoms with van der Waals surface area (Å²) in [5.74, 6) is -1.66. The van der Waals surface area contributed by atoms with Crippen LogP contribution in [-0.4, -0.2) is 46.4 Å². The van der Waals surface area contributed by atoms with Crippen LogP contribution in [0.5, 0.6) is 0 Å². The highest BCUT2D eigenvalue weighted by Gasteiger charge is 2.40. The van der Waals surface area contributed by atoms with Crippen molar-refractivity contribution in [3.8, 4) is 0 Å². The molecule has 2 amide bonds. The van der Waals surface area contributed by atoms with Gasteiger partial charge in [-0.2, -0.15) is 0 Å². The fourth-order valence-electron chi connectivity index (χ4n) is 2.28. The summed E-state index contributed by atoms with van der Waals surface area (Å²) in [6, 6.07) is 5.69. The van der Waals surface area contributed by atoms with Crippen LogP contribution in [0.2, 0.25) is 0 Å². The van der Waals surface area contributed by atoms with Gasteiger partial charge in [-0.25, -0.2) is 9.69 Å². The van der Waals surface area contributed by atoms with Crippen LogP contribution in [-0.2, 0) is 9.59 Å². The predicted octanol–water partition coefficient (Wildman–Crippen LogP) is 1.74. The van der Waals surface area contributed by atoms with Gasteiger partial charge in [0.05, 0.1) is 11.3 Å². The van der Waals surface area contributed by atoms with Gasteiger partial charge >= 0.3 is 5.97 Å². The summed E-state index contributed by atoms with van der Waals surface area (Å²) >= 11 is 1.25. The highest BCUT2D eigenvalue weighted by atomic mass is 32.2. The Morgan fingerprint density at radius 1 is 1.33 bits per heavy atom. The first-order valence-electron chi connectivity index (χ1n) is 7.63. The van der Waals surface area contributed by atoms with E-state index >= 15 is 0 Å². The average Bonchev–Trinajstić information content (AvgIpc) is 2.82. The van der Waals surface area contributed by atoms with Gasteiger partial charge in [-0.1, -0.05) is 11.8 Å². The molecule has 0 spiro atoms. The molecule has 24 heavy (non-hydrogen) atoms. The van der Waals surface area contributed by atoms with Crippen molar-refractivity contribution in [2.75, 3.05) is 18.0 Å². The number of rotatable bonds is 5. The number of imide groups is 1. The number of nitrogens with one attached hydrogen (secondary N) is 1. The Morgan fingerprint density at radius 3 is 2.54 bits per heavy atom. The molecular weight excluding hydrogens is 330 g/mol. The third-order valence-corrected chi connectivity index (χ3v) is 4.51. The van der Waals surface area contributed by atoms with Crippen molar-refractivity contribution in [3.63, 3.8) is 0 Å². The quantitative estimate of drug-likeness (QED) is 0.477. The van der Waals surface area contributed by atoms with Crippen molar-refractivity contribution in [2.24, 2.45) is 4.99 Å². The summed E-state index contributed by atoms with van der Waals surface area (Å²) in [7, 11) is 0. The molecule has 0 unspecified atom stereocenters. The van der Waals surface area contributed by atoms with E-state index in [-0.39, 0.29) is 23.8 Å². The van der Waals surface area contributed by atoms with Crippen LogP contribution in [0.4, 0.5) is 5.69 Å². The third kappa shape index (κ3) is 3.94. The second kappa shape index (κ2) is 7.96. The van der Waals surface area contributed by atoms with Crippen molar-refractivity contribution < 1.29 is 19.5 Å².